The lowest BCUT2D eigenvalue weighted by Crippen LogP contribution is -2.31. The number of nitrogens with zero attached hydrogens (tertiary/aromatic N) is 3. The van der Waals surface area contributed by atoms with Gasteiger partial charge in [-0.05, 0) is 43.5 Å². The molecule has 0 bridgehead atoms. The second-order valence-corrected chi connectivity index (χ2v) is 8.79. The Bertz CT molecular complexity index is 1360. The van der Waals surface area contributed by atoms with Crippen molar-refractivity contribution in [3.63, 3.8) is 0 Å². The highest BCUT2D eigenvalue weighted by molar-refractivity contribution is 7.10. The summed E-state index contributed by atoms with van der Waals surface area (Å²) in [6.45, 7) is 3.93. The van der Waals surface area contributed by atoms with Crippen LogP contribution in [0.4, 0.5) is 11.6 Å². The molecule has 0 radical (unpaired) electrons. The molecular weight excluding hydrogens is 434 g/mol. The van der Waals surface area contributed by atoms with Gasteiger partial charge in [-0.25, -0.2) is 4.68 Å². The molecule has 8 heteroatoms. The molecule has 0 spiro atoms. The van der Waals surface area contributed by atoms with Crippen LogP contribution in [0.1, 0.15) is 23.4 Å². The van der Waals surface area contributed by atoms with Gasteiger partial charge >= 0.3 is 0 Å². The number of hydrogen-bond acceptors (Lipinski definition) is 6. The van der Waals surface area contributed by atoms with Gasteiger partial charge in [-0.3, -0.25) is 4.79 Å². The van der Waals surface area contributed by atoms with E-state index in [0.29, 0.717) is 28.8 Å². The maximum absolute atomic E-state index is 13.6. The quantitative estimate of drug-likeness (QED) is 0.428. The van der Waals surface area contributed by atoms with Gasteiger partial charge < -0.3 is 15.4 Å². The van der Waals surface area contributed by atoms with Crippen LogP contribution in [0.3, 0.4) is 0 Å². The summed E-state index contributed by atoms with van der Waals surface area (Å²) in [7, 11) is 1.58. The number of rotatable bonds is 5. The minimum Gasteiger partial charge on any atom is -0.495 e. The molecule has 1 atom stereocenters. The third-order valence-electron chi connectivity index (χ3n) is 5.54. The second kappa shape index (κ2) is 8.55. The predicted octanol–water partition coefficient (Wildman–Crippen LogP) is 5.25. The van der Waals surface area contributed by atoms with Crippen molar-refractivity contribution in [2.45, 2.75) is 19.9 Å². The minimum absolute atomic E-state index is 0.221. The van der Waals surface area contributed by atoms with Gasteiger partial charge in [-0.2, -0.15) is 4.98 Å². The van der Waals surface area contributed by atoms with Crippen LogP contribution in [0.15, 0.2) is 77.3 Å². The highest BCUT2D eigenvalue weighted by atomic mass is 32.1. The zero-order valence-corrected chi connectivity index (χ0v) is 19.3. The number of fused-ring (bicyclic) bond motifs is 1. The fourth-order valence-electron chi connectivity index (χ4n) is 4.00. The first-order valence-electron chi connectivity index (χ1n) is 10.5. The average molecular weight is 458 g/mol. The number of anilines is 2. The number of amides is 1. The normalized spacial score (nSPS) is 15.1. The van der Waals surface area contributed by atoms with Gasteiger partial charge in [0.15, 0.2) is 5.82 Å². The summed E-state index contributed by atoms with van der Waals surface area (Å²) in [5.41, 5.74) is 3.99. The largest absolute Gasteiger partial charge is 0.495 e. The van der Waals surface area contributed by atoms with E-state index >= 15 is 0 Å². The van der Waals surface area contributed by atoms with E-state index in [9.17, 15) is 4.79 Å². The summed E-state index contributed by atoms with van der Waals surface area (Å²) in [6.07, 6.45) is 0. The molecule has 2 N–H and O–H groups in total. The van der Waals surface area contributed by atoms with Crippen LogP contribution in [0.25, 0.3) is 11.4 Å². The first kappa shape index (κ1) is 21.0. The van der Waals surface area contributed by atoms with Gasteiger partial charge in [-0.1, -0.05) is 42.0 Å². The Kier molecular flexibility index (Phi) is 5.43. The van der Waals surface area contributed by atoms with Crippen molar-refractivity contribution < 1.29 is 9.53 Å². The molecule has 0 fully saturated rings. The van der Waals surface area contributed by atoms with Crippen molar-refractivity contribution >= 4 is 28.9 Å². The van der Waals surface area contributed by atoms with Crippen molar-refractivity contribution in [2.75, 3.05) is 17.7 Å². The first-order valence-corrected chi connectivity index (χ1v) is 11.4. The number of hydrogen-bond donors (Lipinski definition) is 2. The Morgan fingerprint density at radius 3 is 2.73 bits per heavy atom. The number of carbonyl (C=O) groups is 1. The fraction of sp³-hybridized carbons (Fsp3) is 0.160. The molecule has 5 rings (SSSR count). The number of carbonyl (C=O) groups excluding carboxylic acids is 1. The number of aromatic nitrogens is 3. The summed E-state index contributed by atoms with van der Waals surface area (Å²) in [4.78, 5) is 19.3. The summed E-state index contributed by atoms with van der Waals surface area (Å²) in [5, 5.41) is 13.1. The zero-order chi connectivity index (χ0) is 22.9. The monoisotopic (exact) mass is 457 g/mol. The molecule has 3 heterocycles. The lowest BCUT2D eigenvalue weighted by Gasteiger charge is -2.27. The molecule has 1 aliphatic heterocycles. The van der Waals surface area contributed by atoms with Crippen LogP contribution in [-0.4, -0.2) is 27.8 Å². The Labute approximate surface area is 195 Å². The van der Waals surface area contributed by atoms with Crippen molar-refractivity contribution in [1.82, 2.24) is 14.8 Å². The van der Waals surface area contributed by atoms with Crippen LogP contribution in [0.2, 0.25) is 0 Å². The third-order valence-corrected chi connectivity index (χ3v) is 6.47. The number of allylic oxidation sites excluding steroid dienone is 1. The number of methoxy groups -OCH3 is 1. The van der Waals surface area contributed by atoms with Crippen molar-refractivity contribution in [1.29, 1.82) is 0 Å². The molecule has 0 aliphatic carbocycles. The molecule has 1 aliphatic rings. The number of para-hydroxylation sites is 2. The van der Waals surface area contributed by atoms with E-state index in [1.165, 1.54) is 0 Å². The van der Waals surface area contributed by atoms with Crippen molar-refractivity contribution in [3.8, 4) is 17.1 Å². The molecular formula is C25H23N5O2S. The summed E-state index contributed by atoms with van der Waals surface area (Å²) in [6, 6.07) is 19.0. The highest BCUT2D eigenvalue weighted by Gasteiger charge is 2.35. The SMILES string of the molecule is COc1ccccc1NC(=O)C1=C(C)Nc2nc(-c3cccc(C)c3)nn2C1c1cccs1. The maximum atomic E-state index is 13.6. The van der Waals surface area contributed by atoms with Gasteiger partial charge in [0.1, 0.15) is 11.8 Å². The maximum Gasteiger partial charge on any atom is 0.256 e. The Hall–Kier alpha value is -3.91. The minimum atomic E-state index is -0.401. The van der Waals surface area contributed by atoms with E-state index in [0.717, 1.165) is 21.7 Å². The standard InChI is InChI=1S/C25H23N5O2S/c1-15-8-6-9-17(14-15)23-28-25-26-16(2)21(22(30(25)29-23)20-12-7-13-33-20)24(31)27-18-10-4-5-11-19(18)32-3/h4-14,22H,1-3H3,(H,27,31)(H,26,28,29). The average Bonchev–Trinajstić information content (AvgIpc) is 3.48. The molecule has 7 nitrogen and oxygen atoms in total. The van der Waals surface area contributed by atoms with Gasteiger partial charge in [0, 0.05) is 16.1 Å². The first-order chi connectivity index (χ1) is 16.0. The number of thiophene rings is 1. The van der Waals surface area contributed by atoms with Crippen LogP contribution >= 0.6 is 11.3 Å². The second-order valence-electron chi connectivity index (χ2n) is 7.81. The fourth-order valence-corrected chi connectivity index (χ4v) is 4.82. The van der Waals surface area contributed by atoms with Crippen molar-refractivity contribution in [2.24, 2.45) is 0 Å². The van der Waals surface area contributed by atoms with E-state index in [4.69, 9.17) is 14.8 Å². The van der Waals surface area contributed by atoms with Gasteiger partial charge in [0.05, 0.1) is 18.4 Å². The lowest BCUT2D eigenvalue weighted by molar-refractivity contribution is -0.113. The number of nitrogens with one attached hydrogen (secondary N) is 2. The Balaban J connectivity index is 1.57. The van der Waals surface area contributed by atoms with Crippen LogP contribution in [0, 0.1) is 6.92 Å². The lowest BCUT2D eigenvalue weighted by atomic mass is 10.0. The summed E-state index contributed by atoms with van der Waals surface area (Å²) in [5.74, 6) is 1.60. The van der Waals surface area contributed by atoms with E-state index in [-0.39, 0.29) is 5.91 Å². The topological polar surface area (TPSA) is 81.1 Å². The summed E-state index contributed by atoms with van der Waals surface area (Å²) < 4.78 is 7.21. The van der Waals surface area contributed by atoms with E-state index in [1.807, 2.05) is 73.8 Å². The van der Waals surface area contributed by atoms with E-state index in [1.54, 1.807) is 23.1 Å². The molecule has 33 heavy (non-hydrogen) atoms. The zero-order valence-electron chi connectivity index (χ0n) is 18.5. The van der Waals surface area contributed by atoms with Crippen LogP contribution in [-0.2, 0) is 4.79 Å². The van der Waals surface area contributed by atoms with E-state index in [2.05, 4.69) is 16.7 Å². The summed E-state index contributed by atoms with van der Waals surface area (Å²) >= 11 is 1.58. The molecule has 0 saturated carbocycles. The van der Waals surface area contributed by atoms with Crippen LogP contribution in [0.5, 0.6) is 5.75 Å². The highest BCUT2D eigenvalue weighted by Crippen LogP contribution is 2.39. The predicted molar refractivity (Wildman–Crippen MR) is 131 cm³/mol. The molecule has 4 aromatic rings. The Morgan fingerprint density at radius 2 is 1.97 bits per heavy atom. The number of benzene rings is 2. The van der Waals surface area contributed by atoms with Gasteiger partial charge in [0.2, 0.25) is 5.95 Å². The van der Waals surface area contributed by atoms with Gasteiger partial charge in [-0.15, -0.1) is 16.4 Å². The smallest absolute Gasteiger partial charge is 0.256 e. The molecule has 2 aromatic carbocycles. The molecule has 166 valence electrons. The van der Waals surface area contributed by atoms with Crippen molar-refractivity contribution in [3.05, 3.63) is 87.8 Å². The van der Waals surface area contributed by atoms with Gasteiger partial charge in [0.25, 0.3) is 5.91 Å². The molecule has 1 amide bonds. The van der Waals surface area contributed by atoms with E-state index < -0.39 is 6.04 Å². The molecule has 2 aromatic heterocycles. The molecule has 0 saturated heterocycles. The number of aryl methyl sites for hydroxylation is 1. The number of ether oxygens (including phenoxy) is 1. The third kappa shape index (κ3) is 3.89. The Morgan fingerprint density at radius 1 is 1.12 bits per heavy atom. The molecule has 1 unspecified atom stereocenters. The van der Waals surface area contributed by atoms with Crippen LogP contribution < -0.4 is 15.4 Å².